The number of benzene rings is 1. The van der Waals surface area contributed by atoms with Crippen LogP contribution in [0.5, 0.6) is 0 Å². The second kappa shape index (κ2) is 4.31. The number of hydrogen-bond donors (Lipinski definition) is 0. The molecule has 1 heterocycles. The van der Waals surface area contributed by atoms with Gasteiger partial charge in [-0.05, 0) is 12.5 Å². The van der Waals surface area contributed by atoms with Crippen molar-refractivity contribution in [3.63, 3.8) is 0 Å². The van der Waals surface area contributed by atoms with Crippen LogP contribution in [0.25, 0.3) is 11.3 Å². The fraction of sp³-hybridized carbons (Fsp3) is 0.231. The number of carbonyl (C=O) groups is 1. The summed E-state index contributed by atoms with van der Waals surface area (Å²) in [5.41, 5.74) is 2.93. The molecule has 0 spiro atoms. The van der Waals surface area contributed by atoms with Crippen molar-refractivity contribution in [3.8, 4) is 11.3 Å². The summed E-state index contributed by atoms with van der Waals surface area (Å²) in [4.78, 5) is 14.8. The minimum Gasteiger partial charge on any atom is -0.438 e. The molecular formula is C13H13NO2. The second-order valence-electron chi connectivity index (χ2n) is 3.61. The Hall–Kier alpha value is -1.90. The van der Waals surface area contributed by atoms with Gasteiger partial charge in [-0.3, -0.25) is 4.79 Å². The van der Waals surface area contributed by atoms with Crippen LogP contribution in [0.1, 0.15) is 28.9 Å². The molecule has 0 aliphatic heterocycles. The quantitative estimate of drug-likeness (QED) is 0.739. The summed E-state index contributed by atoms with van der Waals surface area (Å²) >= 11 is 0. The van der Waals surface area contributed by atoms with E-state index in [1.54, 1.807) is 0 Å². The molecule has 0 N–H and O–H groups in total. The highest BCUT2D eigenvalue weighted by atomic mass is 16.4. The van der Waals surface area contributed by atoms with E-state index in [-0.39, 0.29) is 5.89 Å². The molecule has 82 valence electrons. The Labute approximate surface area is 94.1 Å². The molecule has 0 amide bonds. The van der Waals surface area contributed by atoms with E-state index in [1.807, 2.05) is 38.1 Å². The lowest BCUT2D eigenvalue weighted by atomic mass is 10.0. The van der Waals surface area contributed by atoms with E-state index in [2.05, 4.69) is 4.98 Å². The predicted molar refractivity (Wildman–Crippen MR) is 61.4 cm³/mol. The zero-order valence-corrected chi connectivity index (χ0v) is 9.36. The standard InChI is InChI=1S/C13H13NO2/c1-3-11-13(14-12(8-15)16-11)10-7-5-4-6-9(10)2/h4-8H,3H2,1-2H3. The van der Waals surface area contributed by atoms with Gasteiger partial charge in [0.05, 0.1) is 0 Å². The van der Waals surface area contributed by atoms with E-state index < -0.39 is 0 Å². The maximum atomic E-state index is 10.6. The van der Waals surface area contributed by atoms with Crippen LogP contribution in [0.2, 0.25) is 0 Å². The summed E-state index contributed by atoms with van der Waals surface area (Å²) in [5, 5.41) is 0. The highest BCUT2D eigenvalue weighted by Crippen LogP contribution is 2.26. The molecule has 0 saturated heterocycles. The maximum Gasteiger partial charge on any atom is 0.260 e. The largest absolute Gasteiger partial charge is 0.438 e. The average Bonchev–Trinajstić information content (AvgIpc) is 2.72. The fourth-order valence-corrected chi connectivity index (χ4v) is 1.71. The van der Waals surface area contributed by atoms with Crippen LogP contribution in [-0.4, -0.2) is 11.3 Å². The van der Waals surface area contributed by atoms with Gasteiger partial charge in [0.1, 0.15) is 11.5 Å². The first kappa shape index (κ1) is 10.6. The van der Waals surface area contributed by atoms with Crippen LogP contribution < -0.4 is 0 Å². The van der Waals surface area contributed by atoms with Crippen molar-refractivity contribution in [2.45, 2.75) is 20.3 Å². The van der Waals surface area contributed by atoms with E-state index in [0.717, 1.165) is 29.0 Å². The van der Waals surface area contributed by atoms with Crippen molar-refractivity contribution in [1.82, 2.24) is 4.98 Å². The van der Waals surface area contributed by atoms with Crippen molar-refractivity contribution in [2.75, 3.05) is 0 Å². The van der Waals surface area contributed by atoms with Crippen LogP contribution in [0.4, 0.5) is 0 Å². The third kappa shape index (κ3) is 1.76. The number of carbonyl (C=O) groups excluding carboxylic acids is 1. The zero-order valence-electron chi connectivity index (χ0n) is 9.36. The lowest BCUT2D eigenvalue weighted by Gasteiger charge is -2.02. The highest BCUT2D eigenvalue weighted by molar-refractivity contribution is 5.72. The maximum absolute atomic E-state index is 10.6. The van der Waals surface area contributed by atoms with Gasteiger partial charge < -0.3 is 4.42 Å². The highest BCUT2D eigenvalue weighted by Gasteiger charge is 2.14. The number of aromatic nitrogens is 1. The van der Waals surface area contributed by atoms with Crippen molar-refractivity contribution in [3.05, 3.63) is 41.5 Å². The first-order valence-electron chi connectivity index (χ1n) is 5.27. The molecule has 16 heavy (non-hydrogen) atoms. The topological polar surface area (TPSA) is 43.1 Å². The summed E-state index contributed by atoms with van der Waals surface area (Å²) in [7, 11) is 0. The van der Waals surface area contributed by atoms with E-state index in [4.69, 9.17) is 4.42 Å². The minimum atomic E-state index is 0.148. The van der Waals surface area contributed by atoms with Crippen LogP contribution in [0.15, 0.2) is 28.7 Å². The summed E-state index contributed by atoms with van der Waals surface area (Å²) in [5.74, 6) is 0.909. The first-order valence-corrected chi connectivity index (χ1v) is 5.27. The zero-order chi connectivity index (χ0) is 11.5. The molecule has 0 radical (unpaired) electrons. The van der Waals surface area contributed by atoms with E-state index in [0.29, 0.717) is 6.29 Å². The normalized spacial score (nSPS) is 10.4. The molecule has 0 bridgehead atoms. The summed E-state index contributed by atoms with van der Waals surface area (Å²) in [6, 6.07) is 7.94. The minimum absolute atomic E-state index is 0.148. The van der Waals surface area contributed by atoms with E-state index >= 15 is 0 Å². The molecule has 1 aromatic carbocycles. The molecule has 0 saturated carbocycles. The number of rotatable bonds is 3. The Balaban J connectivity index is 2.59. The van der Waals surface area contributed by atoms with Crippen LogP contribution in [-0.2, 0) is 6.42 Å². The molecule has 3 heteroatoms. The lowest BCUT2D eigenvalue weighted by molar-refractivity contribution is 0.109. The van der Waals surface area contributed by atoms with E-state index in [1.165, 1.54) is 0 Å². The van der Waals surface area contributed by atoms with Gasteiger partial charge in [0, 0.05) is 12.0 Å². The third-order valence-corrected chi connectivity index (χ3v) is 2.54. The Morgan fingerprint density at radius 1 is 1.38 bits per heavy atom. The lowest BCUT2D eigenvalue weighted by Crippen LogP contribution is -1.87. The first-order chi connectivity index (χ1) is 7.76. The summed E-state index contributed by atoms with van der Waals surface area (Å²) in [6.07, 6.45) is 1.37. The predicted octanol–water partition coefficient (Wildman–Crippen LogP) is 3.02. The number of aryl methyl sites for hydroxylation is 2. The van der Waals surface area contributed by atoms with Gasteiger partial charge in [-0.15, -0.1) is 0 Å². The van der Waals surface area contributed by atoms with Crippen molar-refractivity contribution < 1.29 is 9.21 Å². The Kier molecular flexibility index (Phi) is 2.86. The summed E-state index contributed by atoms with van der Waals surface area (Å²) in [6.45, 7) is 4.00. The Morgan fingerprint density at radius 2 is 2.12 bits per heavy atom. The molecule has 0 aliphatic rings. The van der Waals surface area contributed by atoms with Crippen LogP contribution in [0.3, 0.4) is 0 Å². The van der Waals surface area contributed by atoms with Crippen molar-refractivity contribution >= 4 is 6.29 Å². The summed E-state index contributed by atoms with van der Waals surface area (Å²) < 4.78 is 5.34. The monoisotopic (exact) mass is 215 g/mol. The van der Waals surface area contributed by atoms with Crippen LogP contribution in [0, 0.1) is 6.92 Å². The number of aldehydes is 1. The molecule has 1 aromatic heterocycles. The van der Waals surface area contributed by atoms with Gasteiger partial charge in [0.2, 0.25) is 6.29 Å². The van der Waals surface area contributed by atoms with Gasteiger partial charge in [-0.1, -0.05) is 31.2 Å². The number of hydrogen-bond acceptors (Lipinski definition) is 3. The smallest absolute Gasteiger partial charge is 0.260 e. The molecular weight excluding hydrogens is 202 g/mol. The molecule has 0 unspecified atom stereocenters. The van der Waals surface area contributed by atoms with Gasteiger partial charge in [-0.25, -0.2) is 4.98 Å². The van der Waals surface area contributed by atoms with Gasteiger partial charge in [-0.2, -0.15) is 0 Å². The second-order valence-corrected chi connectivity index (χ2v) is 3.61. The molecule has 2 aromatic rings. The van der Waals surface area contributed by atoms with E-state index in [9.17, 15) is 4.79 Å². The van der Waals surface area contributed by atoms with Gasteiger partial charge in [0.15, 0.2) is 0 Å². The molecule has 2 rings (SSSR count). The fourth-order valence-electron chi connectivity index (χ4n) is 1.71. The Morgan fingerprint density at radius 3 is 2.75 bits per heavy atom. The Bertz CT molecular complexity index is 514. The number of oxazole rings is 1. The number of nitrogens with zero attached hydrogens (tertiary/aromatic N) is 1. The molecule has 0 aliphatic carbocycles. The van der Waals surface area contributed by atoms with Gasteiger partial charge in [0.25, 0.3) is 5.89 Å². The third-order valence-electron chi connectivity index (χ3n) is 2.54. The van der Waals surface area contributed by atoms with Gasteiger partial charge >= 0.3 is 0 Å². The van der Waals surface area contributed by atoms with Crippen LogP contribution >= 0.6 is 0 Å². The average molecular weight is 215 g/mol. The molecule has 0 fully saturated rings. The van der Waals surface area contributed by atoms with Crippen molar-refractivity contribution in [2.24, 2.45) is 0 Å². The molecule has 3 nitrogen and oxygen atoms in total. The van der Waals surface area contributed by atoms with Crippen molar-refractivity contribution in [1.29, 1.82) is 0 Å². The molecule has 0 atom stereocenters. The SMILES string of the molecule is CCc1oc(C=O)nc1-c1ccccc1C.